The molecule has 1 aliphatic heterocycles. The SMILES string of the molecule is Cc1ccsc1CNC(=O)CN[C@@H]1CC(C)(C)OC1(C)C. The van der Waals surface area contributed by atoms with E-state index in [1.807, 2.05) is 0 Å². The first-order valence-electron chi connectivity index (χ1n) is 7.43. The number of hydrogen-bond acceptors (Lipinski definition) is 4. The van der Waals surface area contributed by atoms with Crippen molar-refractivity contribution in [1.82, 2.24) is 10.6 Å². The Morgan fingerprint density at radius 3 is 2.67 bits per heavy atom. The maximum Gasteiger partial charge on any atom is 0.234 e. The highest BCUT2D eigenvalue weighted by atomic mass is 32.1. The maximum absolute atomic E-state index is 12.0. The minimum Gasteiger partial charge on any atom is -0.368 e. The number of amides is 1. The first-order valence-corrected chi connectivity index (χ1v) is 8.31. The molecule has 5 heteroatoms. The van der Waals surface area contributed by atoms with Crippen LogP contribution in [0.3, 0.4) is 0 Å². The zero-order valence-electron chi connectivity index (χ0n) is 13.6. The molecule has 1 amide bonds. The van der Waals surface area contributed by atoms with Gasteiger partial charge in [0.05, 0.1) is 24.3 Å². The van der Waals surface area contributed by atoms with Crippen LogP contribution in [-0.4, -0.2) is 29.7 Å². The standard InChI is InChI=1S/C16H26N2O2S/c1-11-6-7-21-12(11)9-18-14(19)10-17-13-8-15(2,3)20-16(13,4)5/h6-7,13,17H,8-10H2,1-5H3,(H,18,19)/t13-/m1/s1. The predicted octanol–water partition coefficient (Wildman–Crippen LogP) is 2.61. The fourth-order valence-electron chi connectivity index (χ4n) is 2.92. The van der Waals surface area contributed by atoms with Crippen LogP contribution in [0.25, 0.3) is 0 Å². The fraction of sp³-hybridized carbons (Fsp3) is 0.688. The van der Waals surface area contributed by atoms with Crippen LogP contribution in [0.15, 0.2) is 11.4 Å². The van der Waals surface area contributed by atoms with Crippen LogP contribution in [0.1, 0.15) is 44.6 Å². The highest BCUT2D eigenvalue weighted by molar-refractivity contribution is 7.10. The molecule has 1 aromatic rings. The Kier molecular flexibility index (Phi) is 4.76. The molecule has 2 N–H and O–H groups in total. The number of aryl methyl sites for hydroxylation is 1. The Hall–Kier alpha value is -0.910. The molecule has 1 saturated heterocycles. The van der Waals surface area contributed by atoms with Gasteiger partial charge in [-0.2, -0.15) is 0 Å². The van der Waals surface area contributed by atoms with Crippen LogP contribution in [0, 0.1) is 6.92 Å². The molecule has 1 fully saturated rings. The summed E-state index contributed by atoms with van der Waals surface area (Å²) in [5.41, 5.74) is 0.861. The summed E-state index contributed by atoms with van der Waals surface area (Å²) in [4.78, 5) is 13.2. The molecule has 0 bridgehead atoms. The largest absolute Gasteiger partial charge is 0.368 e. The molecule has 2 heterocycles. The van der Waals surface area contributed by atoms with Crippen LogP contribution in [-0.2, 0) is 16.1 Å². The van der Waals surface area contributed by atoms with E-state index in [0.29, 0.717) is 13.1 Å². The van der Waals surface area contributed by atoms with E-state index in [9.17, 15) is 4.79 Å². The molecular weight excluding hydrogens is 284 g/mol. The van der Waals surface area contributed by atoms with E-state index in [4.69, 9.17) is 4.74 Å². The molecule has 0 unspecified atom stereocenters. The van der Waals surface area contributed by atoms with Gasteiger partial charge < -0.3 is 15.4 Å². The van der Waals surface area contributed by atoms with Gasteiger partial charge in [-0.1, -0.05) is 0 Å². The van der Waals surface area contributed by atoms with Gasteiger partial charge in [0.25, 0.3) is 0 Å². The van der Waals surface area contributed by atoms with Gasteiger partial charge >= 0.3 is 0 Å². The molecule has 1 aliphatic rings. The molecule has 118 valence electrons. The van der Waals surface area contributed by atoms with E-state index in [2.05, 4.69) is 56.7 Å². The maximum atomic E-state index is 12.0. The lowest BCUT2D eigenvalue weighted by Gasteiger charge is -2.27. The third-order valence-corrected chi connectivity index (χ3v) is 5.02. The van der Waals surface area contributed by atoms with Gasteiger partial charge in [-0.25, -0.2) is 0 Å². The van der Waals surface area contributed by atoms with Crippen molar-refractivity contribution in [3.05, 3.63) is 21.9 Å². The molecular formula is C16H26N2O2S. The van der Waals surface area contributed by atoms with Crippen LogP contribution in [0.5, 0.6) is 0 Å². The zero-order valence-corrected chi connectivity index (χ0v) is 14.4. The van der Waals surface area contributed by atoms with Gasteiger partial charge in [-0.3, -0.25) is 4.79 Å². The average Bonchev–Trinajstić information content (AvgIpc) is 2.84. The van der Waals surface area contributed by atoms with Gasteiger partial charge in [0.2, 0.25) is 5.91 Å². The summed E-state index contributed by atoms with van der Waals surface area (Å²) in [6.07, 6.45) is 0.914. The van der Waals surface area contributed by atoms with E-state index in [-0.39, 0.29) is 23.2 Å². The number of ether oxygens (including phenoxy) is 1. The van der Waals surface area contributed by atoms with Gasteiger partial charge in [0.15, 0.2) is 0 Å². The third kappa shape index (κ3) is 4.28. The summed E-state index contributed by atoms with van der Waals surface area (Å²) in [5, 5.41) is 8.36. The van der Waals surface area contributed by atoms with Crippen molar-refractivity contribution in [2.45, 2.75) is 64.8 Å². The Morgan fingerprint density at radius 1 is 1.43 bits per heavy atom. The number of hydrogen-bond donors (Lipinski definition) is 2. The smallest absolute Gasteiger partial charge is 0.234 e. The van der Waals surface area contributed by atoms with Crippen LogP contribution >= 0.6 is 11.3 Å². The van der Waals surface area contributed by atoms with E-state index in [1.165, 1.54) is 10.4 Å². The topological polar surface area (TPSA) is 50.4 Å². The number of rotatable bonds is 5. The van der Waals surface area contributed by atoms with E-state index in [1.54, 1.807) is 11.3 Å². The lowest BCUT2D eigenvalue weighted by atomic mass is 9.94. The minimum atomic E-state index is -0.242. The van der Waals surface area contributed by atoms with Gasteiger partial charge in [0, 0.05) is 10.9 Å². The normalized spacial score (nSPS) is 23.2. The van der Waals surface area contributed by atoms with Crippen LogP contribution in [0.4, 0.5) is 0 Å². The highest BCUT2D eigenvalue weighted by Gasteiger charge is 2.45. The third-order valence-electron chi connectivity index (χ3n) is 4.00. The Labute approximate surface area is 131 Å². The molecule has 2 rings (SSSR count). The second-order valence-corrected chi connectivity index (χ2v) is 7.91. The molecule has 0 saturated carbocycles. The lowest BCUT2D eigenvalue weighted by molar-refractivity contribution is -0.120. The summed E-state index contributed by atoms with van der Waals surface area (Å²) >= 11 is 1.68. The molecule has 0 radical (unpaired) electrons. The Bertz CT molecular complexity index is 508. The summed E-state index contributed by atoms with van der Waals surface area (Å²) < 4.78 is 6.02. The van der Waals surface area contributed by atoms with E-state index < -0.39 is 0 Å². The molecule has 4 nitrogen and oxygen atoms in total. The van der Waals surface area contributed by atoms with Crippen molar-refractivity contribution < 1.29 is 9.53 Å². The lowest BCUT2D eigenvalue weighted by Crippen LogP contribution is -2.47. The molecule has 0 aliphatic carbocycles. The molecule has 0 spiro atoms. The number of nitrogens with one attached hydrogen (secondary N) is 2. The van der Waals surface area contributed by atoms with Crippen molar-refractivity contribution in [3.8, 4) is 0 Å². The Balaban J connectivity index is 1.78. The molecule has 21 heavy (non-hydrogen) atoms. The van der Waals surface area contributed by atoms with Crippen molar-refractivity contribution in [2.24, 2.45) is 0 Å². The minimum absolute atomic E-state index is 0.0308. The molecule has 1 aromatic heterocycles. The van der Waals surface area contributed by atoms with Gasteiger partial charge in [-0.05, 0) is 58.0 Å². The number of carbonyl (C=O) groups excluding carboxylic acids is 1. The van der Waals surface area contributed by atoms with Crippen molar-refractivity contribution in [2.75, 3.05) is 6.54 Å². The summed E-state index contributed by atoms with van der Waals surface area (Å²) in [6, 6.07) is 2.27. The second kappa shape index (κ2) is 6.07. The monoisotopic (exact) mass is 310 g/mol. The van der Waals surface area contributed by atoms with Gasteiger partial charge in [0.1, 0.15) is 0 Å². The quantitative estimate of drug-likeness (QED) is 0.879. The molecule has 0 aromatic carbocycles. The van der Waals surface area contributed by atoms with E-state index >= 15 is 0 Å². The van der Waals surface area contributed by atoms with Crippen molar-refractivity contribution in [1.29, 1.82) is 0 Å². The van der Waals surface area contributed by atoms with Gasteiger partial charge in [-0.15, -0.1) is 11.3 Å². The number of carbonyl (C=O) groups is 1. The predicted molar refractivity (Wildman–Crippen MR) is 86.6 cm³/mol. The average molecular weight is 310 g/mol. The van der Waals surface area contributed by atoms with E-state index in [0.717, 1.165) is 6.42 Å². The number of thiophene rings is 1. The molecule has 1 atom stereocenters. The first kappa shape index (κ1) is 16.5. The summed E-state index contributed by atoms with van der Waals surface area (Å²) in [5.74, 6) is 0.0308. The Morgan fingerprint density at radius 2 is 2.14 bits per heavy atom. The van der Waals surface area contributed by atoms with Crippen LogP contribution < -0.4 is 10.6 Å². The highest BCUT2D eigenvalue weighted by Crippen LogP contribution is 2.37. The summed E-state index contributed by atoms with van der Waals surface area (Å²) in [6.45, 7) is 11.3. The zero-order chi connectivity index (χ0) is 15.7. The van der Waals surface area contributed by atoms with Crippen LogP contribution in [0.2, 0.25) is 0 Å². The second-order valence-electron chi connectivity index (χ2n) is 6.91. The van der Waals surface area contributed by atoms with Crippen molar-refractivity contribution in [3.63, 3.8) is 0 Å². The fourth-order valence-corrected chi connectivity index (χ4v) is 3.77. The first-order chi connectivity index (χ1) is 9.70. The van der Waals surface area contributed by atoms with Crippen molar-refractivity contribution >= 4 is 17.2 Å². The summed E-state index contributed by atoms with van der Waals surface area (Å²) in [7, 11) is 0.